The molecule has 2 atom stereocenters. The molecule has 72 valence electrons. The van der Waals surface area contributed by atoms with Gasteiger partial charge in [-0.05, 0) is 27.6 Å². The summed E-state index contributed by atoms with van der Waals surface area (Å²) in [6, 6.07) is 0.822. The predicted molar refractivity (Wildman–Crippen MR) is 44.5 cm³/mol. The van der Waals surface area contributed by atoms with Crippen LogP contribution in [0, 0.1) is 0 Å². The number of rotatable bonds is 4. The van der Waals surface area contributed by atoms with Crippen molar-refractivity contribution in [2.75, 3.05) is 27.7 Å². The van der Waals surface area contributed by atoms with Crippen LogP contribution in [0.1, 0.15) is 6.42 Å². The molecule has 1 aliphatic carbocycles. The second-order valence-electron chi connectivity index (χ2n) is 3.66. The van der Waals surface area contributed by atoms with Gasteiger partial charge in [-0.2, -0.15) is 0 Å². The SMILES string of the molecule is CN(C)C1C[C@H]1N(C)CC(F)F. The van der Waals surface area contributed by atoms with E-state index in [1.807, 2.05) is 14.1 Å². The van der Waals surface area contributed by atoms with E-state index in [2.05, 4.69) is 4.90 Å². The lowest BCUT2D eigenvalue weighted by Crippen LogP contribution is -2.32. The van der Waals surface area contributed by atoms with Gasteiger partial charge in [0.1, 0.15) is 0 Å². The molecule has 0 aromatic rings. The Bertz CT molecular complexity index is 150. The number of likely N-dealkylation sites (N-methyl/N-ethyl adjacent to an activating group) is 2. The smallest absolute Gasteiger partial charge is 0.251 e. The molecule has 2 nitrogen and oxygen atoms in total. The highest BCUT2D eigenvalue weighted by molar-refractivity contribution is 5.00. The summed E-state index contributed by atoms with van der Waals surface area (Å²) in [6.07, 6.45) is -1.19. The van der Waals surface area contributed by atoms with E-state index in [0.717, 1.165) is 6.42 Å². The standard InChI is InChI=1S/C8H16F2N2/c1-11(2)6-4-7(6)12(3)5-8(9)10/h6-8H,4-5H2,1-3H3/t6?,7-/m1/s1. The zero-order valence-electron chi connectivity index (χ0n) is 7.80. The molecule has 12 heavy (non-hydrogen) atoms. The summed E-state index contributed by atoms with van der Waals surface area (Å²) in [7, 11) is 5.74. The molecule has 0 saturated heterocycles. The van der Waals surface area contributed by atoms with Crippen LogP contribution in [0.15, 0.2) is 0 Å². The highest BCUT2D eigenvalue weighted by atomic mass is 19.3. The molecule has 0 N–H and O–H groups in total. The second-order valence-corrected chi connectivity index (χ2v) is 3.66. The van der Waals surface area contributed by atoms with Crippen molar-refractivity contribution < 1.29 is 8.78 Å². The summed E-state index contributed by atoms with van der Waals surface area (Å²) < 4.78 is 23.9. The third-order valence-corrected chi connectivity index (χ3v) is 2.38. The van der Waals surface area contributed by atoms with Crippen LogP contribution in [-0.2, 0) is 0 Å². The highest BCUT2D eigenvalue weighted by Gasteiger charge is 2.42. The van der Waals surface area contributed by atoms with E-state index in [4.69, 9.17) is 0 Å². The Balaban J connectivity index is 2.23. The quantitative estimate of drug-likeness (QED) is 0.630. The van der Waals surface area contributed by atoms with Crippen molar-refractivity contribution in [1.29, 1.82) is 0 Å². The first-order valence-electron chi connectivity index (χ1n) is 4.17. The summed E-state index contributed by atoms with van der Waals surface area (Å²) in [5.74, 6) is 0. The van der Waals surface area contributed by atoms with Crippen molar-refractivity contribution in [3.8, 4) is 0 Å². The molecule has 4 heteroatoms. The van der Waals surface area contributed by atoms with Crippen molar-refractivity contribution in [2.45, 2.75) is 24.9 Å². The summed E-state index contributed by atoms with van der Waals surface area (Å²) in [5, 5.41) is 0. The molecule has 0 aromatic heterocycles. The second kappa shape index (κ2) is 3.66. The summed E-state index contributed by atoms with van der Waals surface area (Å²) >= 11 is 0. The molecule has 0 heterocycles. The van der Waals surface area contributed by atoms with Gasteiger partial charge in [0.15, 0.2) is 0 Å². The van der Waals surface area contributed by atoms with Gasteiger partial charge in [-0.25, -0.2) is 8.78 Å². The maximum atomic E-state index is 11.9. The van der Waals surface area contributed by atoms with Crippen molar-refractivity contribution in [2.24, 2.45) is 0 Å². The summed E-state index contributed by atoms with van der Waals surface area (Å²) in [6.45, 7) is -0.102. The fourth-order valence-corrected chi connectivity index (χ4v) is 1.55. The highest BCUT2D eigenvalue weighted by Crippen LogP contribution is 2.30. The molecule has 0 aliphatic heterocycles. The number of alkyl halides is 2. The van der Waals surface area contributed by atoms with Crippen molar-refractivity contribution in [1.82, 2.24) is 9.80 Å². The van der Waals surface area contributed by atoms with Gasteiger partial charge in [-0.15, -0.1) is 0 Å². The van der Waals surface area contributed by atoms with Gasteiger partial charge >= 0.3 is 0 Å². The average Bonchev–Trinajstić information content (AvgIpc) is 2.61. The Morgan fingerprint density at radius 2 is 1.83 bits per heavy atom. The van der Waals surface area contributed by atoms with Gasteiger partial charge in [-0.1, -0.05) is 0 Å². The van der Waals surface area contributed by atoms with Crippen LogP contribution in [0.4, 0.5) is 8.78 Å². The Kier molecular flexibility index (Phi) is 3.01. The number of hydrogen-bond donors (Lipinski definition) is 0. The van der Waals surface area contributed by atoms with Gasteiger partial charge < -0.3 is 4.90 Å². The molecule has 0 bridgehead atoms. The molecule has 1 aliphatic rings. The fourth-order valence-electron chi connectivity index (χ4n) is 1.55. The first-order valence-corrected chi connectivity index (χ1v) is 4.17. The Morgan fingerprint density at radius 3 is 2.17 bits per heavy atom. The molecular formula is C8H16F2N2. The van der Waals surface area contributed by atoms with E-state index in [1.54, 1.807) is 11.9 Å². The monoisotopic (exact) mass is 178 g/mol. The molecule has 1 fully saturated rings. The minimum Gasteiger partial charge on any atom is -0.305 e. The number of halogens is 2. The van der Waals surface area contributed by atoms with E-state index in [-0.39, 0.29) is 6.54 Å². The molecule has 1 unspecified atom stereocenters. The van der Waals surface area contributed by atoms with Gasteiger partial charge in [0.05, 0.1) is 6.54 Å². The topological polar surface area (TPSA) is 6.48 Å². The van der Waals surface area contributed by atoms with Crippen molar-refractivity contribution in [3.63, 3.8) is 0 Å². The van der Waals surface area contributed by atoms with E-state index in [0.29, 0.717) is 12.1 Å². The largest absolute Gasteiger partial charge is 0.305 e. The zero-order valence-corrected chi connectivity index (χ0v) is 7.80. The molecule has 0 spiro atoms. The maximum Gasteiger partial charge on any atom is 0.251 e. The molecule has 0 radical (unpaired) electrons. The Hall–Kier alpha value is -0.220. The van der Waals surface area contributed by atoms with E-state index >= 15 is 0 Å². The van der Waals surface area contributed by atoms with E-state index in [1.165, 1.54) is 0 Å². The minimum atomic E-state index is -2.21. The maximum absolute atomic E-state index is 11.9. The average molecular weight is 178 g/mol. The summed E-state index contributed by atoms with van der Waals surface area (Å²) in [4.78, 5) is 3.84. The number of hydrogen-bond acceptors (Lipinski definition) is 2. The summed E-state index contributed by atoms with van der Waals surface area (Å²) in [5.41, 5.74) is 0. The van der Waals surface area contributed by atoms with Crippen LogP contribution in [0.25, 0.3) is 0 Å². The van der Waals surface area contributed by atoms with Gasteiger partial charge in [0.25, 0.3) is 6.43 Å². The third-order valence-electron chi connectivity index (χ3n) is 2.38. The Morgan fingerprint density at radius 1 is 1.25 bits per heavy atom. The van der Waals surface area contributed by atoms with Crippen LogP contribution in [0.2, 0.25) is 0 Å². The third kappa shape index (κ3) is 2.38. The lowest BCUT2D eigenvalue weighted by molar-refractivity contribution is 0.0934. The molecule has 1 rings (SSSR count). The predicted octanol–water partition coefficient (Wildman–Crippen LogP) is 0.886. The molecule has 0 aromatic carbocycles. The lowest BCUT2D eigenvalue weighted by Gasteiger charge is -2.17. The van der Waals surface area contributed by atoms with Crippen molar-refractivity contribution >= 4 is 0 Å². The Labute approximate surface area is 72.1 Å². The molecule has 0 amide bonds. The zero-order chi connectivity index (χ0) is 9.30. The number of nitrogens with zero attached hydrogens (tertiary/aromatic N) is 2. The molecular weight excluding hydrogens is 162 g/mol. The van der Waals surface area contributed by atoms with Crippen LogP contribution < -0.4 is 0 Å². The first kappa shape index (κ1) is 9.86. The van der Waals surface area contributed by atoms with E-state index < -0.39 is 6.43 Å². The van der Waals surface area contributed by atoms with Crippen molar-refractivity contribution in [3.05, 3.63) is 0 Å². The molecule has 1 saturated carbocycles. The lowest BCUT2D eigenvalue weighted by atomic mass is 10.5. The van der Waals surface area contributed by atoms with Crippen LogP contribution >= 0.6 is 0 Å². The fraction of sp³-hybridized carbons (Fsp3) is 1.00. The van der Waals surface area contributed by atoms with E-state index in [9.17, 15) is 8.78 Å². The van der Waals surface area contributed by atoms with Crippen LogP contribution in [0.3, 0.4) is 0 Å². The van der Waals surface area contributed by atoms with Gasteiger partial charge in [0.2, 0.25) is 0 Å². The van der Waals surface area contributed by atoms with Gasteiger partial charge in [-0.3, -0.25) is 4.90 Å². The normalized spacial score (nSPS) is 29.0. The van der Waals surface area contributed by atoms with Crippen LogP contribution in [0.5, 0.6) is 0 Å². The minimum absolute atomic E-state index is 0.102. The first-order chi connectivity index (χ1) is 5.52. The van der Waals surface area contributed by atoms with Gasteiger partial charge in [0, 0.05) is 12.1 Å². The van der Waals surface area contributed by atoms with Crippen LogP contribution in [-0.4, -0.2) is 56.0 Å².